The molecule has 19 heavy (non-hydrogen) atoms. The molecule has 1 fully saturated rings. The van der Waals surface area contributed by atoms with E-state index in [0.29, 0.717) is 5.82 Å². The zero-order chi connectivity index (χ0) is 14.0. The highest BCUT2D eigenvalue weighted by atomic mass is 35.5. The topological polar surface area (TPSA) is 50.3 Å². The first-order valence-electron chi connectivity index (χ1n) is 6.43. The summed E-state index contributed by atoms with van der Waals surface area (Å²) in [6.45, 7) is 0. The van der Waals surface area contributed by atoms with Gasteiger partial charge in [0.15, 0.2) is 9.84 Å². The third-order valence-corrected chi connectivity index (χ3v) is 5.26. The van der Waals surface area contributed by atoms with Crippen molar-refractivity contribution in [2.45, 2.75) is 42.0 Å². The van der Waals surface area contributed by atoms with E-state index < -0.39 is 9.84 Å². The average molecular weight is 303 g/mol. The molecular formula is C13H19ClN2O2S. The lowest BCUT2D eigenvalue weighted by molar-refractivity contribution is 0.431. The van der Waals surface area contributed by atoms with Gasteiger partial charge in [0.25, 0.3) is 0 Å². The van der Waals surface area contributed by atoms with Gasteiger partial charge in [-0.25, -0.2) is 13.4 Å². The third-order valence-electron chi connectivity index (χ3n) is 3.63. The van der Waals surface area contributed by atoms with E-state index in [-0.39, 0.29) is 16.3 Å². The summed E-state index contributed by atoms with van der Waals surface area (Å²) in [5.41, 5.74) is 0. The fourth-order valence-electron chi connectivity index (χ4n) is 2.60. The maximum atomic E-state index is 11.8. The number of halogens is 1. The molecule has 0 saturated heterocycles. The van der Waals surface area contributed by atoms with E-state index >= 15 is 0 Å². The second-order valence-corrected chi connectivity index (χ2v) is 7.62. The largest absolute Gasteiger partial charge is 0.354 e. The van der Waals surface area contributed by atoms with Crippen molar-refractivity contribution in [3.8, 4) is 0 Å². The van der Waals surface area contributed by atoms with Crippen molar-refractivity contribution in [2.24, 2.45) is 0 Å². The lowest BCUT2D eigenvalue weighted by Gasteiger charge is -2.36. The molecule has 0 radical (unpaired) electrons. The molecule has 0 amide bonds. The van der Waals surface area contributed by atoms with Gasteiger partial charge in [-0.1, -0.05) is 12.8 Å². The molecule has 6 heteroatoms. The summed E-state index contributed by atoms with van der Waals surface area (Å²) < 4.78 is 23.6. The summed E-state index contributed by atoms with van der Waals surface area (Å²) in [6.07, 6.45) is 7.04. The predicted octanol–water partition coefficient (Wildman–Crippen LogP) is 2.47. The highest BCUT2D eigenvalue weighted by molar-refractivity contribution is 7.90. The molecule has 1 aliphatic carbocycles. The molecule has 2 atom stereocenters. The van der Waals surface area contributed by atoms with Gasteiger partial charge in [0.2, 0.25) is 0 Å². The summed E-state index contributed by atoms with van der Waals surface area (Å²) in [5.74, 6) is 0.502. The lowest BCUT2D eigenvalue weighted by atomic mass is 9.94. The van der Waals surface area contributed by atoms with Crippen molar-refractivity contribution in [3.63, 3.8) is 0 Å². The standard InChI is InChI=1S/C13H19ClN2O2S/c1-16(11-7-4-3-6-10(11)14)13-12(19(2,17)18)8-5-9-15-13/h5,8-11H,3-4,6-7H2,1-2H3. The van der Waals surface area contributed by atoms with E-state index in [4.69, 9.17) is 11.6 Å². The van der Waals surface area contributed by atoms with Crippen molar-refractivity contribution in [3.05, 3.63) is 18.3 Å². The monoisotopic (exact) mass is 302 g/mol. The first-order valence-corrected chi connectivity index (χ1v) is 8.76. The van der Waals surface area contributed by atoms with Crippen LogP contribution in [0.5, 0.6) is 0 Å². The van der Waals surface area contributed by atoms with Gasteiger partial charge < -0.3 is 4.90 Å². The number of alkyl halides is 1. The van der Waals surface area contributed by atoms with Crippen LogP contribution < -0.4 is 4.90 Å². The van der Waals surface area contributed by atoms with Gasteiger partial charge in [0.05, 0.1) is 5.38 Å². The molecule has 4 nitrogen and oxygen atoms in total. The first-order chi connectivity index (χ1) is 8.91. The Morgan fingerprint density at radius 1 is 1.37 bits per heavy atom. The van der Waals surface area contributed by atoms with E-state index in [9.17, 15) is 8.42 Å². The lowest BCUT2D eigenvalue weighted by Crippen LogP contribution is -2.41. The minimum absolute atomic E-state index is 0.0492. The molecule has 1 heterocycles. The molecule has 106 valence electrons. The van der Waals surface area contributed by atoms with Crippen LogP contribution in [0.3, 0.4) is 0 Å². The number of sulfone groups is 1. The van der Waals surface area contributed by atoms with Gasteiger partial charge in [-0.15, -0.1) is 11.6 Å². The van der Waals surface area contributed by atoms with Crippen LogP contribution >= 0.6 is 11.6 Å². The van der Waals surface area contributed by atoms with Gasteiger partial charge in [0.1, 0.15) is 10.7 Å². The summed E-state index contributed by atoms with van der Waals surface area (Å²) in [7, 11) is -1.40. The number of pyridine rings is 1. The minimum Gasteiger partial charge on any atom is -0.354 e. The molecule has 2 unspecified atom stereocenters. The van der Waals surface area contributed by atoms with Crippen LogP contribution in [-0.2, 0) is 9.84 Å². The summed E-state index contributed by atoms with van der Waals surface area (Å²) >= 11 is 6.38. The van der Waals surface area contributed by atoms with Crippen LogP contribution in [0.25, 0.3) is 0 Å². The fourth-order valence-corrected chi connectivity index (χ4v) is 3.90. The summed E-state index contributed by atoms with van der Waals surface area (Å²) in [4.78, 5) is 6.44. The molecule has 0 N–H and O–H groups in total. The Morgan fingerprint density at radius 3 is 2.68 bits per heavy atom. The molecule has 0 spiro atoms. The van der Waals surface area contributed by atoms with Gasteiger partial charge in [0, 0.05) is 25.5 Å². The Labute approximate surface area is 119 Å². The van der Waals surface area contributed by atoms with Crippen LogP contribution in [0.15, 0.2) is 23.2 Å². The number of anilines is 1. The molecule has 1 aromatic heterocycles. The number of hydrogen-bond donors (Lipinski definition) is 0. The smallest absolute Gasteiger partial charge is 0.179 e. The van der Waals surface area contributed by atoms with Crippen LogP contribution in [0, 0.1) is 0 Å². The van der Waals surface area contributed by atoms with E-state index in [1.165, 1.54) is 6.26 Å². The molecule has 1 aromatic rings. The molecular weight excluding hydrogens is 284 g/mol. The molecule has 0 aliphatic heterocycles. The Bertz CT molecular complexity index is 547. The predicted molar refractivity (Wildman–Crippen MR) is 77.6 cm³/mol. The number of aromatic nitrogens is 1. The maximum absolute atomic E-state index is 11.8. The van der Waals surface area contributed by atoms with E-state index in [0.717, 1.165) is 25.7 Å². The molecule has 1 aliphatic rings. The highest BCUT2D eigenvalue weighted by Crippen LogP contribution is 2.31. The van der Waals surface area contributed by atoms with Gasteiger partial charge in [-0.3, -0.25) is 0 Å². The van der Waals surface area contributed by atoms with Crippen LogP contribution in [0.4, 0.5) is 5.82 Å². The number of rotatable bonds is 3. The Balaban J connectivity index is 2.36. The van der Waals surface area contributed by atoms with Crippen LogP contribution in [-0.4, -0.2) is 38.1 Å². The van der Waals surface area contributed by atoms with E-state index in [2.05, 4.69) is 4.98 Å². The quantitative estimate of drug-likeness (QED) is 0.805. The second-order valence-electron chi connectivity index (χ2n) is 5.08. The Hall–Kier alpha value is -0.810. The average Bonchev–Trinajstić information content (AvgIpc) is 2.37. The zero-order valence-electron chi connectivity index (χ0n) is 11.2. The van der Waals surface area contributed by atoms with Crippen molar-refractivity contribution < 1.29 is 8.42 Å². The molecule has 0 aromatic carbocycles. The van der Waals surface area contributed by atoms with Crippen LogP contribution in [0.2, 0.25) is 0 Å². The van der Waals surface area contributed by atoms with Crippen molar-refractivity contribution in [1.29, 1.82) is 0 Å². The highest BCUT2D eigenvalue weighted by Gasteiger charge is 2.29. The maximum Gasteiger partial charge on any atom is 0.179 e. The first kappa shape index (κ1) is 14.6. The van der Waals surface area contributed by atoms with Crippen LogP contribution in [0.1, 0.15) is 25.7 Å². The second kappa shape index (κ2) is 5.67. The van der Waals surface area contributed by atoms with Gasteiger partial charge >= 0.3 is 0 Å². The minimum atomic E-state index is -3.28. The zero-order valence-corrected chi connectivity index (χ0v) is 12.8. The summed E-state index contributed by atoms with van der Waals surface area (Å²) in [6, 6.07) is 3.39. The van der Waals surface area contributed by atoms with Crippen molar-refractivity contribution in [1.82, 2.24) is 4.98 Å². The van der Waals surface area contributed by atoms with E-state index in [1.54, 1.807) is 18.3 Å². The van der Waals surface area contributed by atoms with Gasteiger partial charge in [-0.2, -0.15) is 0 Å². The normalized spacial score (nSPS) is 24.2. The SMILES string of the molecule is CN(c1ncccc1S(C)(=O)=O)C1CCCCC1Cl. The fraction of sp³-hybridized carbons (Fsp3) is 0.615. The molecule has 0 bridgehead atoms. The molecule has 1 saturated carbocycles. The summed E-state index contributed by atoms with van der Waals surface area (Å²) in [5, 5.41) is 0.0492. The van der Waals surface area contributed by atoms with E-state index in [1.807, 2.05) is 11.9 Å². The number of nitrogens with zero attached hydrogens (tertiary/aromatic N) is 2. The van der Waals surface area contributed by atoms with Gasteiger partial charge in [-0.05, 0) is 25.0 Å². The number of hydrogen-bond acceptors (Lipinski definition) is 4. The van der Waals surface area contributed by atoms with Crippen molar-refractivity contribution >= 4 is 27.3 Å². The van der Waals surface area contributed by atoms with Crippen molar-refractivity contribution in [2.75, 3.05) is 18.2 Å². The Kier molecular flexibility index (Phi) is 4.36. The third kappa shape index (κ3) is 3.20. The molecule has 2 rings (SSSR count). The Morgan fingerprint density at radius 2 is 2.05 bits per heavy atom.